The molecular weight excluding hydrogens is 266 g/mol. The zero-order valence-corrected chi connectivity index (χ0v) is 11.9. The van der Waals surface area contributed by atoms with Gasteiger partial charge in [0.2, 0.25) is 0 Å². The van der Waals surface area contributed by atoms with Gasteiger partial charge in [-0.15, -0.1) is 0 Å². The maximum atomic E-state index is 11.6. The SMILES string of the molecule is Cc1ccc(NCc2ccsc2)cc1S(C)(=O)=O. The maximum absolute atomic E-state index is 11.6. The van der Waals surface area contributed by atoms with Crippen LogP contribution in [0.1, 0.15) is 11.1 Å². The number of nitrogens with one attached hydrogen (secondary N) is 1. The van der Waals surface area contributed by atoms with Crippen LogP contribution in [0.2, 0.25) is 0 Å². The van der Waals surface area contributed by atoms with E-state index in [1.165, 1.54) is 11.8 Å². The second kappa shape index (κ2) is 5.12. The van der Waals surface area contributed by atoms with Gasteiger partial charge in [-0.05, 0) is 47.0 Å². The van der Waals surface area contributed by atoms with E-state index >= 15 is 0 Å². The molecule has 0 aliphatic heterocycles. The summed E-state index contributed by atoms with van der Waals surface area (Å²) in [7, 11) is -3.17. The summed E-state index contributed by atoms with van der Waals surface area (Å²) in [5, 5.41) is 7.32. The third kappa shape index (κ3) is 3.11. The highest BCUT2D eigenvalue weighted by Gasteiger charge is 2.11. The number of thiophene rings is 1. The first-order valence-electron chi connectivity index (χ1n) is 5.52. The lowest BCUT2D eigenvalue weighted by atomic mass is 10.2. The van der Waals surface area contributed by atoms with Crippen LogP contribution in [0.5, 0.6) is 0 Å². The van der Waals surface area contributed by atoms with Crippen LogP contribution >= 0.6 is 11.3 Å². The lowest BCUT2D eigenvalue weighted by Crippen LogP contribution is -2.03. The Morgan fingerprint density at radius 3 is 2.67 bits per heavy atom. The molecular formula is C13H15NO2S2. The van der Waals surface area contributed by atoms with Crippen molar-refractivity contribution >= 4 is 26.9 Å². The summed E-state index contributed by atoms with van der Waals surface area (Å²) >= 11 is 1.65. The van der Waals surface area contributed by atoms with Gasteiger partial charge in [0.05, 0.1) is 4.90 Å². The average Bonchev–Trinajstić information content (AvgIpc) is 2.79. The van der Waals surface area contributed by atoms with Crippen molar-refractivity contribution in [2.24, 2.45) is 0 Å². The minimum atomic E-state index is -3.17. The molecule has 96 valence electrons. The molecule has 3 nitrogen and oxygen atoms in total. The van der Waals surface area contributed by atoms with Crippen molar-refractivity contribution in [1.29, 1.82) is 0 Å². The number of rotatable bonds is 4. The van der Waals surface area contributed by atoms with Gasteiger partial charge in [-0.25, -0.2) is 8.42 Å². The van der Waals surface area contributed by atoms with E-state index in [2.05, 4.69) is 10.7 Å². The fourth-order valence-electron chi connectivity index (χ4n) is 1.71. The van der Waals surface area contributed by atoms with E-state index in [4.69, 9.17) is 0 Å². The molecule has 1 aromatic carbocycles. The zero-order chi connectivity index (χ0) is 13.2. The Labute approximate surface area is 111 Å². The molecule has 5 heteroatoms. The summed E-state index contributed by atoms with van der Waals surface area (Å²) in [5.41, 5.74) is 2.80. The minimum absolute atomic E-state index is 0.387. The van der Waals surface area contributed by atoms with Crippen molar-refractivity contribution in [1.82, 2.24) is 0 Å². The van der Waals surface area contributed by atoms with Gasteiger partial charge in [0.25, 0.3) is 0 Å². The Hall–Kier alpha value is -1.33. The molecule has 0 amide bonds. The average molecular weight is 281 g/mol. The Kier molecular flexibility index (Phi) is 3.73. The third-order valence-corrected chi connectivity index (χ3v) is 4.64. The summed E-state index contributed by atoms with van der Waals surface area (Å²) < 4.78 is 23.2. The molecule has 0 fully saturated rings. The van der Waals surface area contributed by atoms with Crippen molar-refractivity contribution in [2.75, 3.05) is 11.6 Å². The van der Waals surface area contributed by atoms with Gasteiger partial charge in [-0.3, -0.25) is 0 Å². The predicted octanol–water partition coefficient (Wildman–Crippen LogP) is 3.07. The Balaban J connectivity index is 2.20. The molecule has 0 atom stereocenters. The van der Waals surface area contributed by atoms with Crippen molar-refractivity contribution in [2.45, 2.75) is 18.4 Å². The minimum Gasteiger partial charge on any atom is -0.381 e. The molecule has 2 aromatic rings. The van der Waals surface area contributed by atoms with Crippen LogP contribution in [0.3, 0.4) is 0 Å². The van der Waals surface area contributed by atoms with Crippen molar-refractivity contribution in [3.63, 3.8) is 0 Å². The van der Waals surface area contributed by atoms with E-state index in [1.54, 1.807) is 24.3 Å². The third-order valence-electron chi connectivity index (χ3n) is 2.66. The van der Waals surface area contributed by atoms with Gasteiger partial charge >= 0.3 is 0 Å². The van der Waals surface area contributed by atoms with Gasteiger partial charge in [-0.1, -0.05) is 6.07 Å². The van der Waals surface area contributed by atoms with Crippen molar-refractivity contribution < 1.29 is 8.42 Å². The number of benzene rings is 1. The fourth-order valence-corrected chi connectivity index (χ4v) is 3.37. The Morgan fingerprint density at radius 1 is 1.28 bits per heavy atom. The second-order valence-corrected chi connectivity index (χ2v) is 7.00. The van der Waals surface area contributed by atoms with Crippen LogP contribution in [0.15, 0.2) is 39.9 Å². The normalized spacial score (nSPS) is 11.4. The predicted molar refractivity (Wildman–Crippen MR) is 75.9 cm³/mol. The number of anilines is 1. The Bertz CT molecular complexity index is 631. The van der Waals surface area contributed by atoms with Gasteiger partial charge < -0.3 is 5.32 Å². The first-order valence-corrected chi connectivity index (χ1v) is 8.36. The maximum Gasteiger partial charge on any atom is 0.175 e. The van der Waals surface area contributed by atoms with E-state index in [9.17, 15) is 8.42 Å². The second-order valence-electron chi connectivity index (χ2n) is 4.24. The van der Waals surface area contributed by atoms with Crippen LogP contribution in [0.4, 0.5) is 5.69 Å². The van der Waals surface area contributed by atoms with Crippen molar-refractivity contribution in [3.8, 4) is 0 Å². The summed E-state index contributed by atoms with van der Waals surface area (Å²) in [5.74, 6) is 0. The lowest BCUT2D eigenvalue weighted by Gasteiger charge is -2.09. The zero-order valence-electron chi connectivity index (χ0n) is 10.3. The van der Waals surface area contributed by atoms with Gasteiger partial charge in [0, 0.05) is 18.5 Å². The summed E-state index contributed by atoms with van der Waals surface area (Å²) in [6, 6.07) is 7.46. The molecule has 0 spiro atoms. The van der Waals surface area contributed by atoms with Crippen LogP contribution in [0, 0.1) is 6.92 Å². The van der Waals surface area contributed by atoms with Crippen LogP contribution in [-0.2, 0) is 16.4 Å². The van der Waals surface area contributed by atoms with E-state index in [-0.39, 0.29) is 0 Å². The van der Waals surface area contributed by atoms with Crippen LogP contribution in [-0.4, -0.2) is 14.7 Å². The van der Waals surface area contributed by atoms with Gasteiger partial charge in [0.15, 0.2) is 9.84 Å². The van der Waals surface area contributed by atoms with Crippen molar-refractivity contribution in [3.05, 3.63) is 46.2 Å². The number of sulfone groups is 1. The number of hydrogen-bond donors (Lipinski definition) is 1. The quantitative estimate of drug-likeness (QED) is 0.937. The topological polar surface area (TPSA) is 46.2 Å². The standard InChI is InChI=1S/C13H15NO2S2/c1-10-3-4-12(7-13(10)18(2,15)16)14-8-11-5-6-17-9-11/h3-7,9,14H,8H2,1-2H3. The molecule has 0 saturated carbocycles. The summed E-state index contributed by atoms with van der Waals surface area (Å²) in [6.07, 6.45) is 1.23. The molecule has 0 radical (unpaired) electrons. The van der Waals surface area contributed by atoms with E-state index in [0.717, 1.165) is 11.3 Å². The largest absolute Gasteiger partial charge is 0.381 e. The smallest absolute Gasteiger partial charge is 0.175 e. The summed E-state index contributed by atoms with van der Waals surface area (Å²) in [4.78, 5) is 0.387. The summed E-state index contributed by atoms with van der Waals surface area (Å²) in [6.45, 7) is 2.51. The van der Waals surface area contributed by atoms with Gasteiger partial charge in [-0.2, -0.15) is 11.3 Å². The first kappa shape index (κ1) is 13.1. The van der Waals surface area contributed by atoms with E-state index in [1.807, 2.05) is 23.6 Å². The molecule has 0 saturated heterocycles. The molecule has 0 aliphatic carbocycles. The van der Waals surface area contributed by atoms with Gasteiger partial charge in [0.1, 0.15) is 0 Å². The number of aryl methyl sites for hydroxylation is 1. The highest BCUT2D eigenvalue weighted by molar-refractivity contribution is 7.90. The molecule has 1 N–H and O–H groups in total. The number of hydrogen-bond acceptors (Lipinski definition) is 4. The Morgan fingerprint density at radius 2 is 2.06 bits per heavy atom. The van der Waals surface area contributed by atoms with E-state index in [0.29, 0.717) is 11.4 Å². The molecule has 2 rings (SSSR count). The highest BCUT2D eigenvalue weighted by Crippen LogP contribution is 2.20. The molecule has 18 heavy (non-hydrogen) atoms. The fraction of sp³-hybridized carbons (Fsp3) is 0.231. The molecule has 1 aromatic heterocycles. The molecule has 1 heterocycles. The molecule has 0 bridgehead atoms. The van der Waals surface area contributed by atoms with Crippen LogP contribution in [0.25, 0.3) is 0 Å². The molecule has 0 aliphatic rings. The first-order chi connectivity index (χ1) is 8.47. The molecule has 0 unspecified atom stereocenters. The van der Waals surface area contributed by atoms with E-state index < -0.39 is 9.84 Å². The lowest BCUT2D eigenvalue weighted by molar-refractivity contribution is 0.601. The van der Waals surface area contributed by atoms with Crippen LogP contribution < -0.4 is 5.32 Å². The monoisotopic (exact) mass is 281 g/mol. The highest BCUT2D eigenvalue weighted by atomic mass is 32.2.